The molecule has 0 radical (unpaired) electrons. The maximum atomic E-state index is 13.1. The first-order chi connectivity index (χ1) is 14.4. The molecule has 0 unspecified atom stereocenters. The molecule has 0 aliphatic heterocycles. The maximum Gasteiger partial charge on any atom is 0.282 e. The lowest BCUT2D eigenvalue weighted by molar-refractivity contribution is 0.833. The van der Waals surface area contributed by atoms with Gasteiger partial charge in [-0.1, -0.05) is 18.2 Å². The number of benzene rings is 2. The average Bonchev–Trinajstić information content (AvgIpc) is 3.26. The Kier molecular flexibility index (Phi) is 3.92. The Hall–Kier alpha value is -4.00. The topological polar surface area (TPSA) is 85.0 Å². The Morgan fingerprint density at radius 2 is 1.77 bits per heavy atom. The zero-order valence-electron chi connectivity index (χ0n) is 16.8. The summed E-state index contributed by atoms with van der Waals surface area (Å²) in [6.07, 6.45) is 3.30. The van der Waals surface area contributed by atoms with Gasteiger partial charge in [0, 0.05) is 10.9 Å². The number of aromatic nitrogens is 5. The summed E-state index contributed by atoms with van der Waals surface area (Å²) in [6, 6.07) is 13.0. The summed E-state index contributed by atoms with van der Waals surface area (Å²) in [4.78, 5) is 30.4. The van der Waals surface area contributed by atoms with Crippen LogP contribution in [0.3, 0.4) is 0 Å². The van der Waals surface area contributed by atoms with Crippen LogP contribution in [0.2, 0.25) is 0 Å². The van der Waals surface area contributed by atoms with Crippen molar-refractivity contribution in [2.24, 2.45) is 0 Å². The largest absolute Gasteiger partial charge is 0.295 e. The number of rotatable bonds is 2. The molecule has 30 heavy (non-hydrogen) atoms. The number of nitrogens with zero attached hydrogens (tertiary/aromatic N) is 4. The van der Waals surface area contributed by atoms with Gasteiger partial charge in [0.2, 0.25) is 0 Å². The number of H-pyrrole nitrogens is 1. The van der Waals surface area contributed by atoms with Crippen LogP contribution < -0.4 is 16.3 Å². The van der Waals surface area contributed by atoms with Gasteiger partial charge in [0.15, 0.2) is 5.65 Å². The van der Waals surface area contributed by atoms with Gasteiger partial charge in [0.05, 0.1) is 28.4 Å². The predicted octanol–water partition coefficient (Wildman–Crippen LogP) is 2.19. The fourth-order valence-electron chi connectivity index (χ4n) is 3.63. The fourth-order valence-corrected chi connectivity index (χ4v) is 3.63. The third kappa shape index (κ3) is 2.67. The molecule has 148 valence electrons. The molecule has 7 nitrogen and oxygen atoms in total. The van der Waals surface area contributed by atoms with Gasteiger partial charge >= 0.3 is 0 Å². The highest BCUT2D eigenvalue weighted by Crippen LogP contribution is 2.13. The number of fused-ring (bicyclic) bond motifs is 2. The number of hydrogen-bond donors (Lipinski definition) is 1. The first kappa shape index (κ1) is 18.1. The SMILES string of the molecule is Cc1ccc(-n2[nH]c(C)c(/C=c3\cnn4c(=O)c5ccccc5nc34)c2=O)cc1C. The van der Waals surface area contributed by atoms with E-state index in [0.29, 0.717) is 27.3 Å². The predicted molar refractivity (Wildman–Crippen MR) is 116 cm³/mol. The summed E-state index contributed by atoms with van der Waals surface area (Å²) in [6.45, 7) is 5.90. The van der Waals surface area contributed by atoms with Crippen LogP contribution >= 0.6 is 0 Å². The highest BCUT2D eigenvalue weighted by molar-refractivity contribution is 5.79. The molecule has 7 heteroatoms. The van der Waals surface area contributed by atoms with E-state index in [1.807, 2.05) is 45.0 Å². The molecule has 0 bridgehead atoms. The molecular weight excluding hydrogens is 378 g/mol. The van der Waals surface area contributed by atoms with Crippen molar-refractivity contribution in [2.45, 2.75) is 20.8 Å². The number of para-hydroxylation sites is 1. The molecule has 1 N–H and O–H groups in total. The molecule has 5 aromatic rings. The molecule has 0 fully saturated rings. The Morgan fingerprint density at radius 3 is 2.57 bits per heavy atom. The van der Waals surface area contributed by atoms with Crippen LogP contribution in [0.15, 0.2) is 58.3 Å². The zero-order chi connectivity index (χ0) is 21.0. The van der Waals surface area contributed by atoms with Gasteiger partial charge < -0.3 is 0 Å². The highest BCUT2D eigenvalue weighted by Gasteiger charge is 2.13. The second kappa shape index (κ2) is 6.52. The van der Waals surface area contributed by atoms with Crippen molar-refractivity contribution in [3.63, 3.8) is 0 Å². The van der Waals surface area contributed by atoms with Crippen LogP contribution in [-0.4, -0.2) is 24.4 Å². The minimum absolute atomic E-state index is 0.168. The van der Waals surface area contributed by atoms with Crippen molar-refractivity contribution in [2.75, 3.05) is 0 Å². The van der Waals surface area contributed by atoms with E-state index in [0.717, 1.165) is 16.9 Å². The quantitative estimate of drug-likeness (QED) is 0.495. The summed E-state index contributed by atoms with van der Waals surface area (Å²) < 4.78 is 2.80. The molecule has 3 heterocycles. The van der Waals surface area contributed by atoms with Crippen LogP contribution in [0.5, 0.6) is 0 Å². The molecule has 3 aromatic heterocycles. The molecule has 0 aliphatic carbocycles. The van der Waals surface area contributed by atoms with Gasteiger partial charge in [0.25, 0.3) is 11.1 Å². The van der Waals surface area contributed by atoms with E-state index < -0.39 is 0 Å². The monoisotopic (exact) mass is 397 g/mol. The van der Waals surface area contributed by atoms with Crippen molar-refractivity contribution in [1.29, 1.82) is 0 Å². The molecule has 2 aromatic carbocycles. The lowest BCUT2D eigenvalue weighted by atomic mass is 10.1. The minimum atomic E-state index is -0.228. The molecular formula is C23H19N5O2. The smallest absolute Gasteiger partial charge is 0.282 e. The molecule has 0 aliphatic rings. The van der Waals surface area contributed by atoms with E-state index in [1.165, 1.54) is 14.8 Å². The molecule has 0 saturated heterocycles. The second-order valence-corrected chi connectivity index (χ2v) is 7.47. The van der Waals surface area contributed by atoms with E-state index in [9.17, 15) is 9.59 Å². The van der Waals surface area contributed by atoms with E-state index in [1.54, 1.807) is 30.5 Å². The standard InChI is InChI=1S/C23H19N5O2/c1-13-8-9-17(10-14(13)2)27-23(30)19(15(3)26-27)11-16-12-24-28-21(16)25-20-7-5-4-6-18(20)22(28)29/h4-12,26H,1-3H3/b16-11+. The third-order valence-electron chi connectivity index (χ3n) is 5.49. The second-order valence-electron chi connectivity index (χ2n) is 7.47. The van der Waals surface area contributed by atoms with Crippen molar-refractivity contribution < 1.29 is 0 Å². The summed E-state index contributed by atoms with van der Waals surface area (Å²) >= 11 is 0. The number of nitrogens with one attached hydrogen (secondary N) is 1. The third-order valence-corrected chi connectivity index (χ3v) is 5.49. The Balaban J connectivity index is 1.73. The normalized spacial score (nSPS) is 12.3. The highest BCUT2D eigenvalue weighted by atomic mass is 16.1. The fraction of sp³-hybridized carbons (Fsp3) is 0.130. The van der Waals surface area contributed by atoms with E-state index in [-0.39, 0.29) is 11.1 Å². The van der Waals surface area contributed by atoms with Crippen LogP contribution in [0.1, 0.15) is 22.4 Å². The van der Waals surface area contributed by atoms with Crippen molar-refractivity contribution in [3.05, 3.63) is 97.0 Å². The first-order valence-electron chi connectivity index (χ1n) is 9.61. The maximum absolute atomic E-state index is 13.1. The van der Waals surface area contributed by atoms with Gasteiger partial charge in [-0.25, -0.2) is 9.67 Å². The van der Waals surface area contributed by atoms with Crippen molar-refractivity contribution >= 4 is 22.6 Å². The average molecular weight is 397 g/mol. The van der Waals surface area contributed by atoms with Crippen molar-refractivity contribution in [1.82, 2.24) is 24.4 Å². The van der Waals surface area contributed by atoms with E-state index in [4.69, 9.17) is 0 Å². The Labute approximate surface area is 170 Å². The first-order valence-corrected chi connectivity index (χ1v) is 9.61. The van der Waals surface area contributed by atoms with E-state index in [2.05, 4.69) is 15.2 Å². The number of aromatic amines is 1. The van der Waals surface area contributed by atoms with Crippen LogP contribution in [0.25, 0.3) is 28.3 Å². The summed E-state index contributed by atoms with van der Waals surface area (Å²) in [5, 5.41) is 8.47. The number of hydrogen-bond acceptors (Lipinski definition) is 4. The molecule has 0 spiro atoms. The number of aryl methyl sites for hydroxylation is 3. The summed E-state index contributed by atoms with van der Waals surface area (Å²) in [7, 11) is 0. The summed E-state index contributed by atoms with van der Waals surface area (Å²) in [5.41, 5.74) is 4.91. The molecule has 0 atom stereocenters. The lowest BCUT2D eigenvalue weighted by Gasteiger charge is -2.05. The van der Waals surface area contributed by atoms with Crippen LogP contribution in [0.4, 0.5) is 0 Å². The lowest BCUT2D eigenvalue weighted by Crippen LogP contribution is -2.18. The van der Waals surface area contributed by atoms with Gasteiger partial charge in [-0.2, -0.15) is 9.61 Å². The van der Waals surface area contributed by atoms with Crippen molar-refractivity contribution in [3.8, 4) is 5.69 Å². The Morgan fingerprint density at radius 1 is 0.967 bits per heavy atom. The van der Waals surface area contributed by atoms with Gasteiger partial charge in [-0.05, 0) is 62.2 Å². The van der Waals surface area contributed by atoms with Crippen LogP contribution in [-0.2, 0) is 0 Å². The molecule has 5 rings (SSSR count). The molecule has 0 amide bonds. The Bertz CT molecular complexity index is 1620. The van der Waals surface area contributed by atoms with Gasteiger partial charge in [-0.3, -0.25) is 14.7 Å². The minimum Gasteiger partial charge on any atom is -0.295 e. The van der Waals surface area contributed by atoms with Gasteiger partial charge in [0.1, 0.15) is 0 Å². The zero-order valence-corrected chi connectivity index (χ0v) is 16.8. The summed E-state index contributed by atoms with van der Waals surface area (Å²) in [5.74, 6) is 0. The van der Waals surface area contributed by atoms with Gasteiger partial charge in [-0.15, -0.1) is 0 Å². The van der Waals surface area contributed by atoms with E-state index >= 15 is 0 Å². The molecule has 0 saturated carbocycles. The van der Waals surface area contributed by atoms with Crippen LogP contribution in [0, 0.1) is 20.8 Å².